The maximum Gasteiger partial charge on any atom is 0.255 e. The Labute approximate surface area is 155 Å². The van der Waals surface area contributed by atoms with Crippen molar-refractivity contribution in [2.45, 2.75) is 20.4 Å². The van der Waals surface area contributed by atoms with Gasteiger partial charge in [-0.3, -0.25) is 4.79 Å². The van der Waals surface area contributed by atoms with E-state index in [1.54, 1.807) is 12.3 Å². The highest BCUT2D eigenvalue weighted by molar-refractivity contribution is 7.15. The van der Waals surface area contributed by atoms with Crippen LogP contribution in [-0.2, 0) is 6.54 Å². The Hall–Kier alpha value is -2.37. The quantitative estimate of drug-likeness (QED) is 0.641. The number of anilines is 2. The molecule has 0 aliphatic rings. The molecule has 2 aromatic carbocycles. The van der Waals surface area contributed by atoms with Crippen molar-refractivity contribution in [3.8, 4) is 0 Å². The second-order valence-corrected chi connectivity index (χ2v) is 7.41. The van der Waals surface area contributed by atoms with Crippen LogP contribution < -0.4 is 10.6 Å². The number of amides is 1. The fourth-order valence-electron chi connectivity index (χ4n) is 2.41. The summed E-state index contributed by atoms with van der Waals surface area (Å²) in [6, 6.07) is 13.3. The molecule has 0 bridgehead atoms. The van der Waals surface area contributed by atoms with Crippen molar-refractivity contribution in [2.75, 3.05) is 10.6 Å². The van der Waals surface area contributed by atoms with Gasteiger partial charge in [0.15, 0.2) is 4.47 Å². The molecule has 0 saturated carbocycles. The van der Waals surface area contributed by atoms with Crippen LogP contribution in [0.1, 0.15) is 26.4 Å². The smallest absolute Gasteiger partial charge is 0.255 e. The van der Waals surface area contributed by atoms with E-state index in [1.807, 2.05) is 50.2 Å². The maximum absolute atomic E-state index is 12.5. The zero-order valence-electron chi connectivity index (χ0n) is 14.0. The van der Waals surface area contributed by atoms with Crippen molar-refractivity contribution in [2.24, 2.45) is 0 Å². The zero-order valence-corrected chi connectivity index (χ0v) is 15.5. The van der Waals surface area contributed by atoms with Crippen molar-refractivity contribution >= 4 is 40.2 Å². The lowest BCUT2D eigenvalue weighted by Crippen LogP contribution is -2.13. The van der Waals surface area contributed by atoms with Crippen molar-refractivity contribution in [1.82, 2.24) is 4.98 Å². The highest BCUT2D eigenvalue weighted by Crippen LogP contribution is 2.21. The fraction of sp³-hybridized carbons (Fsp3) is 0.158. The minimum absolute atomic E-state index is 0.127. The van der Waals surface area contributed by atoms with Crippen LogP contribution in [0.5, 0.6) is 0 Å². The second kappa shape index (κ2) is 7.68. The van der Waals surface area contributed by atoms with Crippen LogP contribution in [0.25, 0.3) is 0 Å². The SMILES string of the molecule is Cc1cccc(NC(=O)c2cccc(NCc3cnc(Cl)s3)c2)c1C. The molecule has 1 amide bonds. The van der Waals surface area contributed by atoms with Gasteiger partial charge in [0.1, 0.15) is 0 Å². The molecule has 0 aliphatic heterocycles. The molecular weight excluding hydrogens is 354 g/mol. The summed E-state index contributed by atoms with van der Waals surface area (Å²) < 4.78 is 0.526. The number of nitrogens with zero attached hydrogens (tertiary/aromatic N) is 1. The number of benzene rings is 2. The molecule has 0 spiro atoms. The number of hydrogen-bond acceptors (Lipinski definition) is 4. The summed E-state index contributed by atoms with van der Waals surface area (Å²) >= 11 is 7.27. The summed E-state index contributed by atoms with van der Waals surface area (Å²) in [7, 11) is 0. The first-order valence-corrected chi connectivity index (χ1v) is 9.04. The van der Waals surface area contributed by atoms with Crippen LogP contribution in [0, 0.1) is 13.8 Å². The molecule has 128 valence electrons. The number of carbonyl (C=O) groups is 1. The number of halogens is 1. The number of thiazole rings is 1. The topological polar surface area (TPSA) is 54.0 Å². The Morgan fingerprint density at radius 2 is 2.00 bits per heavy atom. The van der Waals surface area contributed by atoms with Gasteiger partial charge in [0.25, 0.3) is 5.91 Å². The van der Waals surface area contributed by atoms with Gasteiger partial charge in [-0.15, -0.1) is 11.3 Å². The van der Waals surface area contributed by atoms with Crippen molar-refractivity contribution in [3.05, 3.63) is 74.7 Å². The average molecular weight is 372 g/mol. The van der Waals surface area contributed by atoms with Gasteiger partial charge >= 0.3 is 0 Å². The van der Waals surface area contributed by atoms with Gasteiger partial charge in [-0.1, -0.05) is 29.8 Å². The maximum atomic E-state index is 12.5. The number of rotatable bonds is 5. The fourth-order valence-corrected chi connectivity index (χ4v) is 3.32. The lowest BCUT2D eigenvalue weighted by atomic mass is 10.1. The van der Waals surface area contributed by atoms with Gasteiger partial charge in [-0.2, -0.15) is 0 Å². The van der Waals surface area contributed by atoms with Crippen LogP contribution in [-0.4, -0.2) is 10.9 Å². The summed E-state index contributed by atoms with van der Waals surface area (Å²) in [5.74, 6) is -0.127. The Balaban J connectivity index is 1.69. The largest absolute Gasteiger partial charge is 0.380 e. The van der Waals surface area contributed by atoms with Crippen LogP contribution in [0.2, 0.25) is 4.47 Å². The molecule has 25 heavy (non-hydrogen) atoms. The van der Waals surface area contributed by atoms with E-state index in [4.69, 9.17) is 11.6 Å². The molecule has 0 radical (unpaired) electrons. The van der Waals surface area contributed by atoms with E-state index in [2.05, 4.69) is 15.6 Å². The molecule has 0 aliphatic carbocycles. The van der Waals surface area contributed by atoms with Gasteiger partial charge in [-0.05, 0) is 49.2 Å². The standard InChI is InChI=1S/C19H18ClN3OS/c1-12-5-3-8-17(13(12)2)23-18(24)14-6-4-7-15(9-14)21-10-16-11-22-19(20)25-16/h3-9,11,21H,10H2,1-2H3,(H,23,24). The molecule has 3 rings (SSSR count). The third-order valence-corrected chi connectivity index (χ3v) is 5.08. The van der Waals surface area contributed by atoms with Gasteiger partial charge in [0.05, 0.1) is 6.54 Å². The first-order chi connectivity index (χ1) is 12.0. The predicted octanol–water partition coefficient (Wildman–Crippen LogP) is 5.28. The third kappa shape index (κ3) is 4.38. The Morgan fingerprint density at radius 1 is 1.20 bits per heavy atom. The molecule has 0 atom stereocenters. The Bertz CT molecular complexity index is 907. The van der Waals surface area contributed by atoms with Crippen molar-refractivity contribution < 1.29 is 4.79 Å². The van der Waals surface area contributed by atoms with Crippen LogP contribution in [0.4, 0.5) is 11.4 Å². The first kappa shape index (κ1) is 17.5. The van der Waals surface area contributed by atoms with E-state index in [0.29, 0.717) is 16.6 Å². The molecule has 0 fully saturated rings. The van der Waals surface area contributed by atoms with E-state index >= 15 is 0 Å². The van der Waals surface area contributed by atoms with Crippen LogP contribution in [0.15, 0.2) is 48.7 Å². The summed E-state index contributed by atoms with van der Waals surface area (Å²) in [5, 5.41) is 6.27. The molecule has 3 aromatic rings. The zero-order chi connectivity index (χ0) is 17.8. The van der Waals surface area contributed by atoms with Crippen molar-refractivity contribution in [1.29, 1.82) is 0 Å². The van der Waals surface area contributed by atoms with E-state index in [0.717, 1.165) is 27.4 Å². The van der Waals surface area contributed by atoms with E-state index in [1.165, 1.54) is 11.3 Å². The lowest BCUT2D eigenvalue weighted by Gasteiger charge is -2.11. The highest BCUT2D eigenvalue weighted by atomic mass is 35.5. The Morgan fingerprint density at radius 3 is 2.76 bits per heavy atom. The van der Waals surface area contributed by atoms with Gasteiger partial charge in [-0.25, -0.2) is 4.98 Å². The number of aryl methyl sites for hydroxylation is 1. The number of carbonyl (C=O) groups excluding carboxylic acids is 1. The second-order valence-electron chi connectivity index (χ2n) is 5.72. The van der Waals surface area contributed by atoms with E-state index in [-0.39, 0.29) is 5.91 Å². The van der Waals surface area contributed by atoms with E-state index in [9.17, 15) is 4.79 Å². The van der Waals surface area contributed by atoms with E-state index < -0.39 is 0 Å². The number of aromatic nitrogens is 1. The monoisotopic (exact) mass is 371 g/mol. The summed E-state index contributed by atoms with van der Waals surface area (Å²) in [5.41, 5.74) is 4.54. The third-order valence-electron chi connectivity index (χ3n) is 3.97. The first-order valence-electron chi connectivity index (χ1n) is 7.84. The minimum atomic E-state index is -0.127. The normalized spacial score (nSPS) is 10.5. The lowest BCUT2D eigenvalue weighted by molar-refractivity contribution is 0.102. The summed E-state index contributed by atoms with van der Waals surface area (Å²) in [6.07, 6.45) is 1.75. The summed E-state index contributed by atoms with van der Waals surface area (Å²) in [6.45, 7) is 4.65. The highest BCUT2D eigenvalue weighted by Gasteiger charge is 2.09. The van der Waals surface area contributed by atoms with Gasteiger partial charge in [0.2, 0.25) is 0 Å². The molecule has 0 unspecified atom stereocenters. The minimum Gasteiger partial charge on any atom is -0.380 e. The van der Waals surface area contributed by atoms with Gasteiger partial charge in [0, 0.05) is 28.0 Å². The van der Waals surface area contributed by atoms with Crippen LogP contribution in [0.3, 0.4) is 0 Å². The molecule has 1 heterocycles. The molecule has 4 nitrogen and oxygen atoms in total. The van der Waals surface area contributed by atoms with Crippen LogP contribution >= 0.6 is 22.9 Å². The molecule has 0 saturated heterocycles. The average Bonchev–Trinajstić information content (AvgIpc) is 3.03. The van der Waals surface area contributed by atoms with Gasteiger partial charge < -0.3 is 10.6 Å². The predicted molar refractivity (Wildman–Crippen MR) is 105 cm³/mol. The summed E-state index contributed by atoms with van der Waals surface area (Å²) in [4.78, 5) is 17.6. The Kier molecular flexibility index (Phi) is 5.36. The number of hydrogen-bond donors (Lipinski definition) is 2. The van der Waals surface area contributed by atoms with Crippen molar-refractivity contribution in [3.63, 3.8) is 0 Å². The molecule has 1 aromatic heterocycles. The molecular formula is C19H18ClN3OS. The number of nitrogens with one attached hydrogen (secondary N) is 2. The molecule has 2 N–H and O–H groups in total. The molecule has 6 heteroatoms.